The molecule has 0 saturated heterocycles. The zero-order valence-electron chi connectivity index (χ0n) is 15.4. The third-order valence-corrected chi connectivity index (χ3v) is 3.19. The van der Waals surface area contributed by atoms with Gasteiger partial charge in [0.15, 0.2) is 0 Å². The third kappa shape index (κ3) is 6.92. The molecule has 0 fully saturated rings. The molecular weight excluding hydrogens is 498 g/mol. The fraction of sp³-hybridized carbons (Fsp3) is 0.421. The Bertz CT molecular complexity index is 672. The summed E-state index contributed by atoms with van der Waals surface area (Å²) in [4.78, 5) is 24.7. The van der Waals surface area contributed by atoms with Crippen LogP contribution in [0.25, 0.3) is 0 Å². The number of aliphatic hydroxyl groups is 1. The maximum atomic E-state index is 11.8. The molecule has 1 aromatic rings. The molecule has 139 valence electrons. The molecule has 0 unspecified atom stereocenters. The van der Waals surface area contributed by atoms with Gasteiger partial charge in [0.2, 0.25) is 0 Å². The van der Waals surface area contributed by atoms with Gasteiger partial charge in [0.25, 0.3) is 0 Å². The fourth-order valence-electron chi connectivity index (χ4n) is 2.09. The van der Waals surface area contributed by atoms with Crippen LogP contribution in [0.2, 0.25) is 0 Å². The maximum Gasteiger partial charge on any atom is 0.332 e. The summed E-state index contributed by atoms with van der Waals surface area (Å²) in [5, 5.41) is 8.40. The van der Waals surface area contributed by atoms with E-state index in [4.69, 9.17) is 14.6 Å². The number of ketones is 1. The SMILES string of the molecule is CC(=[OH+])/C=C(/C)O.CC1(C)N=C(c2[c-]cccc2)C(C)(C)OC1=O.[Ir]. The second kappa shape index (κ2) is 9.07. The molecule has 1 aromatic carbocycles. The molecule has 2 rings (SSSR count). The monoisotopic (exact) mass is 524 g/mol. The van der Waals surface area contributed by atoms with Crippen molar-refractivity contribution in [1.82, 2.24) is 0 Å². The molecule has 0 saturated carbocycles. The molecule has 0 aromatic heterocycles. The van der Waals surface area contributed by atoms with E-state index in [1.807, 2.05) is 38.1 Å². The Labute approximate surface area is 162 Å². The number of ether oxygens (including phenoxy) is 1. The van der Waals surface area contributed by atoms with Crippen LogP contribution in [0.4, 0.5) is 0 Å². The first-order valence-electron chi connectivity index (χ1n) is 7.66. The second-order valence-corrected chi connectivity index (χ2v) is 6.62. The van der Waals surface area contributed by atoms with Gasteiger partial charge < -0.3 is 14.8 Å². The van der Waals surface area contributed by atoms with Gasteiger partial charge in [-0.05, 0) is 34.6 Å². The topological polar surface area (TPSA) is 80.3 Å². The van der Waals surface area contributed by atoms with Crippen molar-refractivity contribution in [2.45, 2.75) is 52.7 Å². The van der Waals surface area contributed by atoms with Crippen molar-refractivity contribution in [2.24, 2.45) is 4.99 Å². The first kappa shape index (κ1) is 23.2. The molecule has 1 aliphatic rings. The second-order valence-electron chi connectivity index (χ2n) is 6.62. The summed E-state index contributed by atoms with van der Waals surface area (Å²) in [5.74, 6) is -0.0396. The molecule has 1 radical (unpaired) electrons. The average molecular weight is 524 g/mol. The fourth-order valence-corrected chi connectivity index (χ4v) is 2.09. The standard InChI is InChI=1S/C14H16NO2.C5H8O2.Ir/c1-13(2)12(16)17-14(3,4)11(15-13)10-8-6-5-7-9-10;1-4(6)3-5(2)7;/h5-8H,1-4H3;3,6H,1-2H3;/q-1;;/p+1/b;4-3-;. The van der Waals surface area contributed by atoms with E-state index >= 15 is 0 Å². The summed E-state index contributed by atoms with van der Waals surface area (Å²) >= 11 is 0. The molecule has 0 aliphatic carbocycles. The van der Waals surface area contributed by atoms with Crippen LogP contribution in [0.15, 0.2) is 41.1 Å². The number of aliphatic imine (C=N–C) groups is 1. The zero-order chi connectivity index (χ0) is 18.5. The summed E-state index contributed by atoms with van der Waals surface area (Å²) in [7, 11) is 0. The first-order valence-corrected chi connectivity index (χ1v) is 7.66. The van der Waals surface area contributed by atoms with Crippen molar-refractivity contribution < 1.29 is 39.5 Å². The van der Waals surface area contributed by atoms with Crippen LogP contribution in [0.5, 0.6) is 0 Å². The van der Waals surface area contributed by atoms with Gasteiger partial charge in [-0.25, -0.2) is 4.79 Å². The third-order valence-electron chi connectivity index (χ3n) is 3.19. The van der Waals surface area contributed by atoms with Gasteiger partial charge >= 0.3 is 11.8 Å². The number of benzene rings is 1. The minimum absolute atomic E-state index is 0. The van der Waals surface area contributed by atoms with Crippen molar-refractivity contribution in [3.8, 4) is 0 Å². The Morgan fingerprint density at radius 2 is 1.88 bits per heavy atom. The molecular formula is C19H25IrNO4. The molecule has 6 heteroatoms. The number of cyclic esters (lactones) is 1. The number of nitrogens with zero attached hydrogens (tertiary/aromatic N) is 1. The summed E-state index contributed by atoms with van der Waals surface area (Å²) in [6.07, 6.45) is 1.28. The number of carbonyl (C=O) groups excluding carboxylic acids is 2. The molecule has 0 bridgehead atoms. The van der Waals surface area contributed by atoms with Crippen molar-refractivity contribution in [3.05, 3.63) is 47.7 Å². The van der Waals surface area contributed by atoms with Crippen LogP contribution in [0, 0.1) is 6.07 Å². The molecule has 25 heavy (non-hydrogen) atoms. The van der Waals surface area contributed by atoms with Gasteiger partial charge in [0.05, 0.1) is 18.8 Å². The smallest absolute Gasteiger partial charge is 0.332 e. The van der Waals surface area contributed by atoms with Crippen LogP contribution in [-0.4, -0.2) is 38.5 Å². The molecule has 0 amide bonds. The summed E-state index contributed by atoms with van der Waals surface area (Å²) in [6, 6.07) is 10.7. The normalized spacial score (nSPS) is 17.9. The average Bonchev–Trinajstić information content (AvgIpc) is 2.43. The quantitative estimate of drug-likeness (QED) is 0.212. The number of aliphatic hydroxyl groups excluding tert-OH is 1. The summed E-state index contributed by atoms with van der Waals surface area (Å²) in [5.41, 5.74) is 0.111. The minimum atomic E-state index is -0.825. The van der Waals surface area contributed by atoms with E-state index in [2.05, 4.69) is 11.1 Å². The van der Waals surface area contributed by atoms with Crippen molar-refractivity contribution in [1.29, 1.82) is 0 Å². The Balaban J connectivity index is 0.000000620. The van der Waals surface area contributed by atoms with E-state index in [1.165, 1.54) is 19.9 Å². The van der Waals surface area contributed by atoms with Crippen molar-refractivity contribution in [2.75, 3.05) is 0 Å². The van der Waals surface area contributed by atoms with Gasteiger partial charge in [-0.1, -0.05) is 0 Å². The Morgan fingerprint density at radius 3 is 2.28 bits per heavy atom. The van der Waals surface area contributed by atoms with Crippen LogP contribution < -0.4 is 0 Å². The number of rotatable bonds is 2. The van der Waals surface area contributed by atoms with Crippen molar-refractivity contribution in [3.63, 3.8) is 0 Å². The summed E-state index contributed by atoms with van der Waals surface area (Å²) < 4.78 is 5.47. The molecule has 1 aliphatic heterocycles. The van der Waals surface area contributed by atoms with E-state index < -0.39 is 11.1 Å². The number of hydrogen-bond acceptors (Lipinski definition) is 4. The van der Waals surface area contributed by atoms with Gasteiger partial charge in [-0.3, -0.25) is 4.79 Å². The van der Waals surface area contributed by atoms with E-state index in [0.29, 0.717) is 0 Å². The predicted octanol–water partition coefficient (Wildman–Crippen LogP) is 3.40. The van der Waals surface area contributed by atoms with Crippen LogP contribution in [0.1, 0.15) is 47.1 Å². The van der Waals surface area contributed by atoms with Gasteiger partial charge in [-0.2, -0.15) is 0 Å². The number of allylic oxidation sites excluding steroid dienone is 2. The molecule has 0 spiro atoms. The molecule has 0 atom stereocenters. The van der Waals surface area contributed by atoms with Crippen LogP contribution in [-0.2, 0) is 29.6 Å². The first-order chi connectivity index (χ1) is 11.0. The van der Waals surface area contributed by atoms with Gasteiger partial charge in [-0.15, -0.1) is 35.9 Å². The Morgan fingerprint density at radius 1 is 1.28 bits per heavy atom. The molecule has 1 heterocycles. The van der Waals surface area contributed by atoms with Gasteiger partial charge in [0, 0.05) is 25.8 Å². The molecule has 5 nitrogen and oxygen atoms in total. The zero-order valence-corrected chi connectivity index (χ0v) is 17.8. The van der Waals surface area contributed by atoms with Crippen molar-refractivity contribution >= 4 is 17.5 Å². The Hall–Kier alpha value is -1.78. The van der Waals surface area contributed by atoms with Gasteiger partial charge in [0.1, 0.15) is 11.1 Å². The number of hydrogen-bond donors (Lipinski definition) is 1. The van der Waals surface area contributed by atoms with Crippen LogP contribution >= 0.6 is 0 Å². The Kier molecular flexibility index (Phi) is 8.42. The van der Waals surface area contributed by atoms with E-state index in [9.17, 15) is 4.79 Å². The number of esters is 1. The summed E-state index contributed by atoms with van der Waals surface area (Å²) in [6.45, 7) is 10.2. The molecule has 2 N–H and O–H groups in total. The maximum absolute atomic E-state index is 11.8. The van der Waals surface area contributed by atoms with E-state index in [-0.39, 0.29) is 37.6 Å². The van der Waals surface area contributed by atoms with E-state index in [1.54, 1.807) is 13.8 Å². The largest absolute Gasteiger partial charge is 0.512 e. The number of carbonyl (C=O) groups is 1. The predicted molar refractivity (Wildman–Crippen MR) is 95.1 cm³/mol. The van der Waals surface area contributed by atoms with Crippen LogP contribution in [0.3, 0.4) is 0 Å². The minimum Gasteiger partial charge on any atom is -0.512 e. The van der Waals surface area contributed by atoms with E-state index in [0.717, 1.165) is 11.3 Å².